The molecule has 0 aliphatic carbocycles. The smallest absolute Gasteiger partial charge is 0.221 e. The number of nitrogens with one attached hydrogen (secondary N) is 2. The van der Waals surface area contributed by atoms with E-state index in [1.165, 1.54) is 12.1 Å². The minimum Gasteiger partial charge on any atom is -0.354 e. The Labute approximate surface area is 112 Å². The van der Waals surface area contributed by atoms with Gasteiger partial charge in [0.2, 0.25) is 5.91 Å². The van der Waals surface area contributed by atoms with E-state index in [1.807, 2.05) is 13.8 Å². The van der Waals surface area contributed by atoms with Crippen molar-refractivity contribution in [3.05, 3.63) is 35.4 Å². The van der Waals surface area contributed by atoms with Crippen LogP contribution in [-0.2, 0) is 4.79 Å². The highest BCUT2D eigenvalue weighted by molar-refractivity contribution is 5.76. The summed E-state index contributed by atoms with van der Waals surface area (Å²) in [5, 5.41) is 5.84. The van der Waals surface area contributed by atoms with E-state index in [4.69, 9.17) is 0 Å². The maximum Gasteiger partial charge on any atom is 0.221 e. The molecule has 1 rings (SSSR count). The monoisotopic (exact) mass is 270 g/mol. The molecule has 1 aromatic carbocycles. The summed E-state index contributed by atoms with van der Waals surface area (Å²) in [7, 11) is 0. The van der Waals surface area contributed by atoms with Crippen LogP contribution in [0.2, 0.25) is 0 Å². The van der Waals surface area contributed by atoms with Gasteiger partial charge in [0, 0.05) is 31.1 Å². The largest absolute Gasteiger partial charge is 0.354 e. The fourth-order valence-electron chi connectivity index (χ4n) is 1.74. The second-order valence-electron chi connectivity index (χ2n) is 4.85. The highest BCUT2D eigenvalue weighted by atomic mass is 19.1. The number of rotatable bonds is 6. The Bertz CT molecular complexity index is 415. The number of amides is 1. The molecule has 5 heteroatoms. The first kappa shape index (κ1) is 15.6. The fourth-order valence-corrected chi connectivity index (χ4v) is 1.74. The minimum atomic E-state index is -0.596. The average Bonchev–Trinajstić information content (AvgIpc) is 2.26. The van der Waals surface area contributed by atoms with Crippen LogP contribution in [-0.4, -0.2) is 18.5 Å². The van der Waals surface area contributed by atoms with Crippen LogP contribution in [0, 0.1) is 11.6 Å². The molecule has 0 radical (unpaired) electrons. The van der Waals surface area contributed by atoms with E-state index in [-0.39, 0.29) is 18.0 Å². The second kappa shape index (κ2) is 7.19. The average molecular weight is 270 g/mol. The van der Waals surface area contributed by atoms with Crippen LogP contribution >= 0.6 is 0 Å². The molecule has 0 fully saturated rings. The standard InChI is InChI=1S/C14H20F2N2O/c1-9(2)18-14(19)4-5-17-10(3)11-6-12(15)8-13(16)7-11/h6-10,17H,4-5H2,1-3H3,(H,18,19). The van der Waals surface area contributed by atoms with E-state index in [1.54, 1.807) is 6.92 Å². The van der Waals surface area contributed by atoms with Gasteiger partial charge >= 0.3 is 0 Å². The molecule has 3 nitrogen and oxygen atoms in total. The van der Waals surface area contributed by atoms with Gasteiger partial charge in [-0.15, -0.1) is 0 Å². The maximum absolute atomic E-state index is 13.1. The molecule has 0 aliphatic rings. The van der Waals surface area contributed by atoms with Crippen molar-refractivity contribution in [1.29, 1.82) is 0 Å². The van der Waals surface area contributed by atoms with Crippen molar-refractivity contribution in [3.8, 4) is 0 Å². The summed E-state index contributed by atoms with van der Waals surface area (Å²) < 4.78 is 26.1. The summed E-state index contributed by atoms with van der Waals surface area (Å²) in [5.41, 5.74) is 0.529. The van der Waals surface area contributed by atoms with E-state index in [9.17, 15) is 13.6 Å². The number of benzene rings is 1. The van der Waals surface area contributed by atoms with Crippen LogP contribution in [0.3, 0.4) is 0 Å². The molecule has 0 spiro atoms. The molecule has 106 valence electrons. The lowest BCUT2D eigenvalue weighted by atomic mass is 10.1. The third-order valence-corrected chi connectivity index (χ3v) is 2.64. The van der Waals surface area contributed by atoms with E-state index < -0.39 is 11.6 Å². The molecule has 1 unspecified atom stereocenters. The molecule has 0 aliphatic heterocycles. The SMILES string of the molecule is CC(C)NC(=O)CCNC(C)c1cc(F)cc(F)c1. The molecule has 0 bridgehead atoms. The normalized spacial score (nSPS) is 12.5. The first-order valence-corrected chi connectivity index (χ1v) is 6.37. The first-order valence-electron chi connectivity index (χ1n) is 6.37. The van der Waals surface area contributed by atoms with Gasteiger partial charge in [0.25, 0.3) is 0 Å². The van der Waals surface area contributed by atoms with Crippen LogP contribution in [0.5, 0.6) is 0 Å². The van der Waals surface area contributed by atoms with Gasteiger partial charge in [0.1, 0.15) is 11.6 Å². The van der Waals surface area contributed by atoms with Crippen LogP contribution in [0.4, 0.5) is 8.78 Å². The minimum absolute atomic E-state index is 0.0416. The Balaban J connectivity index is 2.43. The Kier molecular flexibility index (Phi) is 5.89. The van der Waals surface area contributed by atoms with Crippen LogP contribution in [0.25, 0.3) is 0 Å². The maximum atomic E-state index is 13.1. The van der Waals surface area contributed by atoms with Crippen molar-refractivity contribution >= 4 is 5.91 Å². The predicted octanol–water partition coefficient (Wildman–Crippen LogP) is 2.53. The Morgan fingerprint density at radius 2 is 1.74 bits per heavy atom. The lowest BCUT2D eigenvalue weighted by molar-refractivity contribution is -0.121. The fraction of sp³-hybridized carbons (Fsp3) is 0.500. The van der Waals surface area contributed by atoms with Crippen LogP contribution in [0.1, 0.15) is 38.8 Å². The van der Waals surface area contributed by atoms with Crippen molar-refractivity contribution in [2.45, 2.75) is 39.3 Å². The summed E-state index contributed by atoms with van der Waals surface area (Å²) in [6.07, 6.45) is 0.334. The molecule has 0 heterocycles. The van der Waals surface area contributed by atoms with E-state index >= 15 is 0 Å². The van der Waals surface area contributed by atoms with Gasteiger partial charge in [0.15, 0.2) is 0 Å². The highest BCUT2D eigenvalue weighted by Crippen LogP contribution is 2.15. The topological polar surface area (TPSA) is 41.1 Å². The van der Waals surface area contributed by atoms with Gasteiger partial charge in [0.05, 0.1) is 0 Å². The van der Waals surface area contributed by atoms with Crippen molar-refractivity contribution in [1.82, 2.24) is 10.6 Å². The Morgan fingerprint density at radius 1 is 1.16 bits per heavy atom. The zero-order valence-electron chi connectivity index (χ0n) is 11.5. The Morgan fingerprint density at radius 3 is 2.26 bits per heavy atom. The van der Waals surface area contributed by atoms with Crippen LogP contribution in [0.15, 0.2) is 18.2 Å². The van der Waals surface area contributed by atoms with Crippen LogP contribution < -0.4 is 10.6 Å². The number of hydrogen-bond acceptors (Lipinski definition) is 2. The summed E-state index contributed by atoms with van der Waals surface area (Å²) in [6.45, 7) is 6.04. The van der Waals surface area contributed by atoms with Gasteiger partial charge in [-0.2, -0.15) is 0 Å². The molecule has 0 aromatic heterocycles. The number of halogens is 2. The molecule has 1 atom stereocenters. The number of hydrogen-bond donors (Lipinski definition) is 2. The van der Waals surface area contributed by atoms with Gasteiger partial charge < -0.3 is 10.6 Å². The molecule has 1 amide bonds. The van der Waals surface area contributed by atoms with Crippen molar-refractivity contribution in [2.75, 3.05) is 6.54 Å². The summed E-state index contributed by atoms with van der Waals surface area (Å²) in [6, 6.07) is 3.31. The summed E-state index contributed by atoms with van der Waals surface area (Å²) in [5.74, 6) is -1.23. The zero-order valence-corrected chi connectivity index (χ0v) is 11.5. The molecule has 19 heavy (non-hydrogen) atoms. The third-order valence-electron chi connectivity index (χ3n) is 2.64. The van der Waals surface area contributed by atoms with Gasteiger partial charge in [-0.05, 0) is 38.5 Å². The molecule has 0 saturated heterocycles. The quantitative estimate of drug-likeness (QED) is 0.834. The van der Waals surface area contributed by atoms with Gasteiger partial charge in [-0.1, -0.05) is 0 Å². The lowest BCUT2D eigenvalue weighted by Gasteiger charge is -2.15. The predicted molar refractivity (Wildman–Crippen MR) is 70.7 cm³/mol. The second-order valence-corrected chi connectivity index (χ2v) is 4.85. The van der Waals surface area contributed by atoms with E-state index in [2.05, 4.69) is 10.6 Å². The molecule has 1 aromatic rings. The zero-order chi connectivity index (χ0) is 14.4. The van der Waals surface area contributed by atoms with Crippen molar-refractivity contribution in [3.63, 3.8) is 0 Å². The van der Waals surface area contributed by atoms with Gasteiger partial charge in [-0.25, -0.2) is 8.78 Å². The number of carbonyl (C=O) groups is 1. The molecular weight excluding hydrogens is 250 g/mol. The van der Waals surface area contributed by atoms with Crippen molar-refractivity contribution < 1.29 is 13.6 Å². The first-order chi connectivity index (χ1) is 8.88. The van der Waals surface area contributed by atoms with Gasteiger partial charge in [-0.3, -0.25) is 4.79 Å². The molecule has 2 N–H and O–H groups in total. The lowest BCUT2D eigenvalue weighted by Crippen LogP contribution is -2.33. The summed E-state index contributed by atoms with van der Waals surface area (Å²) in [4.78, 5) is 11.4. The molecular formula is C14H20F2N2O. The van der Waals surface area contributed by atoms with E-state index in [0.29, 0.717) is 18.5 Å². The summed E-state index contributed by atoms with van der Waals surface area (Å²) >= 11 is 0. The van der Waals surface area contributed by atoms with E-state index in [0.717, 1.165) is 6.07 Å². The van der Waals surface area contributed by atoms with Crippen molar-refractivity contribution in [2.24, 2.45) is 0 Å². The highest BCUT2D eigenvalue weighted by Gasteiger charge is 2.09. The number of carbonyl (C=O) groups excluding carboxylic acids is 1. The molecule has 0 saturated carbocycles. The third kappa shape index (κ3) is 5.79. The Hall–Kier alpha value is -1.49.